The van der Waals surface area contributed by atoms with Gasteiger partial charge in [-0.25, -0.2) is 0 Å². The fraction of sp³-hybridized carbons (Fsp3) is 0.323. The Morgan fingerprint density at radius 2 is 1.74 bits per heavy atom. The van der Waals surface area contributed by atoms with Crippen molar-refractivity contribution in [3.63, 3.8) is 0 Å². The monoisotopic (exact) mass is 527 g/mol. The van der Waals surface area contributed by atoms with Crippen LogP contribution in [0, 0.1) is 13.8 Å². The molecule has 0 saturated carbocycles. The second-order valence-corrected chi connectivity index (χ2v) is 10.2. The van der Waals surface area contributed by atoms with Gasteiger partial charge in [-0.05, 0) is 73.2 Å². The van der Waals surface area contributed by atoms with E-state index in [-0.39, 0.29) is 23.7 Å². The molecule has 0 unspecified atom stereocenters. The summed E-state index contributed by atoms with van der Waals surface area (Å²) in [6.07, 6.45) is 2.01. The molecule has 39 heavy (non-hydrogen) atoms. The minimum atomic E-state index is -0.315. The third-order valence-electron chi connectivity index (χ3n) is 7.44. The van der Waals surface area contributed by atoms with Gasteiger partial charge < -0.3 is 24.5 Å². The van der Waals surface area contributed by atoms with E-state index in [9.17, 15) is 9.59 Å². The van der Waals surface area contributed by atoms with Crippen molar-refractivity contribution in [3.05, 3.63) is 82.9 Å². The Labute approximate surface area is 227 Å². The van der Waals surface area contributed by atoms with Gasteiger partial charge in [-0.3, -0.25) is 9.59 Å². The van der Waals surface area contributed by atoms with Crippen LogP contribution in [0.4, 0.5) is 17.4 Å². The number of amides is 1. The lowest BCUT2D eigenvalue weighted by atomic mass is 9.72. The highest BCUT2D eigenvalue weighted by Crippen LogP contribution is 2.39. The molecule has 1 fully saturated rings. The molecule has 0 bridgehead atoms. The van der Waals surface area contributed by atoms with E-state index < -0.39 is 0 Å². The van der Waals surface area contributed by atoms with Crippen LogP contribution in [0.3, 0.4) is 0 Å². The third-order valence-corrected chi connectivity index (χ3v) is 7.44. The number of nitrogens with zero attached hydrogens (tertiary/aromatic N) is 1. The SMILES string of the molecule is COC(=O)CC1(c2ccc(NC(=O)Cc3cc(C)c4nc(Nc5ccccc5C)oc4c3)cc2)CCOCC1. The van der Waals surface area contributed by atoms with Crippen LogP contribution >= 0.6 is 0 Å². The lowest BCUT2D eigenvalue weighted by Gasteiger charge is -2.37. The Morgan fingerprint density at radius 3 is 2.46 bits per heavy atom. The van der Waals surface area contributed by atoms with Crippen LogP contribution < -0.4 is 10.6 Å². The summed E-state index contributed by atoms with van der Waals surface area (Å²) < 4.78 is 16.5. The number of methoxy groups -OCH3 is 1. The fourth-order valence-electron chi connectivity index (χ4n) is 5.23. The number of nitrogens with one attached hydrogen (secondary N) is 2. The maximum Gasteiger partial charge on any atom is 0.306 e. The van der Waals surface area contributed by atoms with Gasteiger partial charge in [0.1, 0.15) is 5.52 Å². The largest absolute Gasteiger partial charge is 0.469 e. The van der Waals surface area contributed by atoms with Crippen LogP contribution in [0.15, 0.2) is 65.1 Å². The van der Waals surface area contributed by atoms with E-state index in [2.05, 4.69) is 15.6 Å². The zero-order valence-corrected chi connectivity index (χ0v) is 22.5. The van der Waals surface area contributed by atoms with E-state index in [0.29, 0.717) is 36.9 Å². The molecule has 1 aliphatic heterocycles. The van der Waals surface area contributed by atoms with Crippen molar-refractivity contribution in [2.75, 3.05) is 31.0 Å². The van der Waals surface area contributed by atoms with Crippen molar-refractivity contribution in [2.45, 2.75) is 44.9 Å². The summed E-state index contributed by atoms with van der Waals surface area (Å²) >= 11 is 0. The first-order valence-corrected chi connectivity index (χ1v) is 13.1. The Balaban J connectivity index is 1.27. The van der Waals surface area contributed by atoms with Gasteiger partial charge in [-0.15, -0.1) is 0 Å². The van der Waals surface area contributed by atoms with Gasteiger partial charge in [-0.1, -0.05) is 36.4 Å². The Bertz CT molecular complexity index is 1490. The lowest BCUT2D eigenvalue weighted by Crippen LogP contribution is -2.36. The Morgan fingerprint density at radius 1 is 1.00 bits per heavy atom. The molecule has 0 atom stereocenters. The van der Waals surface area contributed by atoms with E-state index in [1.807, 2.05) is 74.5 Å². The molecule has 3 aromatic carbocycles. The minimum Gasteiger partial charge on any atom is -0.469 e. The average Bonchev–Trinajstić information content (AvgIpc) is 3.34. The fourth-order valence-corrected chi connectivity index (χ4v) is 5.23. The van der Waals surface area contributed by atoms with Crippen molar-refractivity contribution in [3.8, 4) is 0 Å². The standard InChI is InChI=1S/C31H33N3O5/c1-20-6-4-5-7-25(20)33-30-34-29-21(2)16-22(17-26(29)39-30)18-27(35)32-24-10-8-23(9-11-24)31(19-28(36)37-3)12-14-38-15-13-31/h4-11,16-17H,12-15,18-19H2,1-3H3,(H,32,35)(H,33,34). The zero-order valence-electron chi connectivity index (χ0n) is 22.5. The predicted octanol–water partition coefficient (Wildman–Crippen LogP) is 5.98. The van der Waals surface area contributed by atoms with E-state index in [1.165, 1.54) is 7.11 Å². The van der Waals surface area contributed by atoms with E-state index >= 15 is 0 Å². The minimum absolute atomic E-state index is 0.130. The van der Waals surface area contributed by atoms with Gasteiger partial charge in [0.05, 0.1) is 20.0 Å². The molecule has 202 valence electrons. The number of esters is 1. The van der Waals surface area contributed by atoms with Gasteiger partial charge in [0, 0.05) is 30.0 Å². The van der Waals surface area contributed by atoms with Crippen molar-refractivity contribution in [1.29, 1.82) is 0 Å². The molecule has 2 heterocycles. The summed E-state index contributed by atoms with van der Waals surface area (Å²) in [5.41, 5.74) is 6.63. The molecule has 8 nitrogen and oxygen atoms in total. The molecule has 8 heteroatoms. The second-order valence-electron chi connectivity index (χ2n) is 10.2. The number of carbonyl (C=O) groups is 2. The number of rotatable bonds is 8. The number of hydrogen-bond donors (Lipinski definition) is 2. The molecule has 4 aromatic rings. The molecule has 1 aromatic heterocycles. The number of aromatic nitrogens is 1. The van der Waals surface area contributed by atoms with E-state index in [1.54, 1.807) is 0 Å². The summed E-state index contributed by atoms with van der Waals surface area (Å²) in [6.45, 7) is 5.19. The number of carbonyl (C=O) groups excluding carboxylic acids is 2. The number of hydrogen-bond acceptors (Lipinski definition) is 7. The third kappa shape index (κ3) is 5.96. The summed E-state index contributed by atoms with van der Waals surface area (Å²) in [5.74, 6) is -0.360. The van der Waals surface area contributed by atoms with Gasteiger partial charge in [0.2, 0.25) is 5.91 Å². The number of fused-ring (bicyclic) bond motifs is 1. The number of ether oxygens (including phenoxy) is 2. The highest BCUT2D eigenvalue weighted by Gasteiger charge is 2.37. The highest BCUT2D eigenvalue weighted by molar-refractivity contribution is 5.93. The summed E-state index contributed by atoms with van der Waals surface area (Å²) in [5, 5.41) is 6.22. The van der Waals surface area contributed by atoms with Gasteiger partial charge >= 0.3 is 5.97 Å². The molecule has 0 radical (unpaired) electrons. The van der Waals surface area contributed by atoms with Crippen molar-refractivity contribution in [1.82, 2.24) is 4.98 Å². The van der Waals surface area contributed by atoms with Crippen LogP contribution in [0.1, 0.15) is 41.5 Å². The molecular formula is C31H33N3O5. The van der Waals surface area contributed by atoms with Crippen LogP contribution in [0.25, 0.3) is 11.1 Å². The van der Waals surface area contributed by atoms with E-state index in [0.717, 1.165) is 46.3 Å². The van der Waals surface area contributed by atoms with E-state index in [4.69, 9.17) is 13.9 Å². The van der Waals surface area contributed by atoms with Crippen molar-refractivity contribution < 1.29 is 23.5 Å². The maximum atomic E-state index is 12.9. The van der Waals surface area contributed by atoms with Crippen LogP contribution in [-0.2, 0) is 30.9 Å². The number of oxazole rings is 1. The first kappa shape index (κ1) is 26.4. The Hall–Kier alpha value is -4.17. The number of para-hydroxylation sites is 1. The van der Waals surface area contributed by atoms with Crippen molar-refractivity contribution in [2.24, 2.45) is 0 Å². The summed E-state index contributed by atoms with van der Waals surface area (Å²) in [7, 11) is 1.41. The Kier molecular flexibility index (Phi) is 7.65. The quantitative estimate of drug-likeness (QED) is 0.272. The molecule has 5 rings (SSSR count). The zero-order chi connectivity index (χ0) is 27.4. The number of benzene rings is 3. The van der Waals surface area contributed by atoms with Crippen LogP contribution in [0.2, 0.25) is 0 Å². The maximum absolute atomic E-state index is 12.9. The topological polar surface area (TPSA) is 103 Å². The van der Waals surface area contributed by atoms with Crippen LogP contribution in [-0.4, -0.2) is 37.2 Å². The highest BCUT2D eigenvalue weighted by atomic mass is 16.5. The van der Waals surface area contributed by atoms with Crippen molar-refractivity contribution >= 4 is 40.4 Å². The molecule has 0 aliphatic carbocycles. The smallest absolute Gasteiger partial charge is 0.306 e. The number of aryl methyl sites for hydroxylation is 2. The summed E-state index contributed by atoms with van der Waals surface area (Å²) in [4.78, 5) is 29.6. The molecule has 1 aliphatic rings. The summed E-state index contributed by atoms with van der Waals surface area (Å²) in [6, 6.07) is 19.9. The first-order chi connectivity index (χ1) is 18.8. The molecule has 0 spiro atoms. The molecule has 1 amide bonds. The average molecular weight is 528 g/mol. The molecular weight excluding hydrogens is 494 g/mol. The number of anilines is 3. The predicted molar refractivity (Wildman–Crippen MR) is 150 cm³/mol. The lowest BCUT2D eigenvalue weighted by molar-refractivity contribution is -0.143. The van der Waals surface area contributed by atoms with Gasteiger partial charge in [-0.2, -0.15) is 4.98 Å². The molecule has 1 saturated heterocycles. The first-order valence-electron chi connectivity index (χ1n) is 13.1. The van der Waals surface area contributed by atoms with Gasteiger partial charge in [0.25, 0.3) is 6.01 Å². The second kappa shape index (κ2) is 11.3. The normalized spacial score (nSPS) is 14.6. The van der Waals surface area contributed by atoms with Gasteiger partial charge in [0.15, 0.2) is 5.58 Å². The molecule has 2 N–H and O–H groups in total. The van der Waals surface area contributed by atoms with Crippen LogP contribution in [0.5, 0.6) is 0 Å².